The van der Waals surface area contributed by atoms with Gasteiger partial charge in [0.1, 0.15) is 6.10 Å². The highest BCUT2D eigenvalue weighted by Gasteiger charge is 2.08. The van der Waals surface area contributed by atoms with E-state index < -0.39 is 0 Å². The second-order valence-corrected chi connectivity index (χ2v) is 4.25. The highest BCUT2D eigenvalue weighted by Crippen LogP contribution is 2.12. The first kappa shape index (κ1) is 14.5. The minimum absolute atomic E-state index is 0.194. The van der Waals surface area contributed by atoms with Crippen LogP contribution in [0.4, 0.5) is 5.69 Å². The third kappa shape index (κ3) is 5.19. The van der Waals surface area contributed by atoms with Gasteiger partial charge in [-0.15, -0.1) is 0 Å². The van der Waals surface area contributed by atoms with Crippen molar-refractivity contribution < 1.29 is 14.3 Å². The standard InChI is InChI=1S/C14H21NO3/c1-11-6-4-5-7-13(11)15-9-8-14(16)18-12(2)10-17-3/h4-7,12,15H,8-10H2,1-3H3. The highest BCUT2D eigenvalue weighted by molar-refractivity contribution is 5.70. The van der Waals surface area contributed by atoms with E-state index in [1.807, 2.05) is 38.1 Å². The van der Waals surface area contributed by atoms with Crippen molar-refractivity contribution in [1.82, 2.24) is 0 Å². The zero-order valence-electron chi connectivity index (χ0n) is 11.2. The lowest BCUT2D eigenvalue weighted by molar-refractivity contribution is -0.150. The lowest BCUT2D eigenvalue weighted by atomic mass is 10.2. The molecule has 0 spiro atoms. The van der Waals surface area contributed by atoms with Gasteiger partial charge in [-0.3, -0.25) is 4.79 Å². The SMILES string of the molecule is COCC(C)OC(=O)CCNc1ccccc1C. The van der Waals surface area contributed by atoms with Gasteiger partial charge in [-0.25, -0.2) is 0 Å². The van der Waals surface area contributed by atoms with E-state index in [9.17, 15) is 4.79 Å². The summed E-state index contributed by atoms with van der Waals surface area (Å²) < 4.78 is 10.1. The molecule has 0 aliphatic heterocycles. The number of benzene rings is 1. The van der Waals surface area contributed by atoms with Crippen molar-refractivity contribution in [3.05, 3.63) is 29.8 Å². The lowest BCUT2D eigenvalue weighted by Gasteiger charge is -2.13. The molecular weight excluding hydrogens is 230 g/mol. The van der Waals surface area contributed by atoms with Crippen LogP contribution in [-0.2, 0) is 14.3 Å². The number of aryl methyl sites for hydroxylation is 1. The van der Waals surface area contributed by atoms with Crippen LogP contribution in [0.1, 0.15) is 18.9 Å². The average molecular weight is 251 g/mol. The Morgan fingerprint density at radius 3 is 2.78 bits per heavy atom. The number of carbonyl (C=O) groups is 1. The molecule has 0 bridgehead atoms. The number of hydrogen-bond donors (Lipinski definition) is 1. The Morgan fingerprint density at radius 2 is 2.11 bits per heavy atom. The van der Waals surface area contributed by atoms with Crippen LogP contribution in [0.15, 0.2) is 24.3 Å². The highest BCUT2D eigenvalue weighted by atomic mass is 16.6. The number of anilines is 1. The number of esters is 1. The molecule has 0 saturated heterocycles. The quantitative estimate of drug-likeness (QED) is 0.756. The van der Waals surface area contributed by atoms with Gasteiger partial charge >= 0.3 is 5.97 Å². The number of para-hydroxylation sites is 1. The molecule has 0 aliphatic carbocycles. The van der Waals surface area contributed by atoms with Crippen molar-refractivity contribution in [3.8, 4) is 0 Å². The first-order valence-electron chi connectivity index (χ1n) is 6.11. The Kier molecular flexibility index (Phi) is 6.22. The third-order valence-corrected chi connectivity index (χ3v) is 2.52. The van der Waals surface area contributed by atoms with Crippen molar-refractivity contribution >= 4 is 11.7 Å². The van der Waals surface area contributed by atoms with Gasteiger partial charge in [0.15, 0.2) is 0 Å². The Morgan fingerprint density at radius 1 is 1.39 bits per heavy atom. The van der Waals surface area contributed by atoms with E-state index in [2.05, 4.69) is 5.32 Å². The van der Waals surface area contributed by atoms with E-state index >= 15 is 0 Å². The van der Waals surface area contributed by atoms with Crippen LogP contribution in [0.5, 0.6) is 0 Å². The van der Waals surface area contributed by atoms with Crippen LogP contribution in [0, 0.1) is 6.92 Å². The van der Waals surface area contributed by atoms with Crippen molar-refractivity contribution in [1.29, 1.82) is 0 Å². The molecule has 1 rings (SSSR count). The van der Waals surface area contributed by atoms with E-state index in [1.165, 1.54) is 5.56 Å². The zero-order chi connectivity index (χ0) is 13.4. The van der Waals surface area contributed by atoms with E-state index in [0.29, 0.717) is 19.6 Å². The fourth-order valence-electron chi connectivity index (χ4n) is 1.62. The Hall–Kier alpha value is -1.55. The summed E-state index contributed by atoms with van der Waals surface area (Å²) in [5, 5.41) is 3.22. The summed E-state index contributed by atoms with van der Waals surface area (Å²) in [6.07, 6.45) is 0.156. The summed E-state index contributed by atoms with van der Waals surface area (Å²) in [5.41, 5.74) is 2.22. The summed E-state index contributed by atoms with van der Waals surface area (Å²) >= 11 is 0. The normalized spacial score (nSPS) is 11.9. The third-order valence-electron chi connectivity index (χ3n) is 2.52. The van der Waals surface area contributed by atoms with E-state index in [4.69, 9.17) is 9.47 Å². The van der Waals surface area contributed by atoms with Gasteiger partial charge in [-0.2, -0.15) is 0 Å². The topological polar surface area (TPSA) is 47.6 Å². The molecule has 1 N–H and O–H groups in total. The molecule has 1 unspecified atom stereocenters. The first-order chi connectivity index (χ1) is 8.63. The summed E-state index contributed by atoms with van der Waals surface area (Å²) in [6, 6.07) is 7.98. The number of ether oxygens (including phenoxy) is 2. The van der Waals surface area contributed by atoms with E-state index in [1.54, 1.807) is 7.11 Å². The van der Waals surface area contributed by atoms with Crippen LogP contribution in [0.3, 0.4) is 0 Å². The second-order valence-electron chi connectivity index (χ2n) is 4.25. The molecular formula is C14H21NO3. The van der Waals surface area contributed by atoms with Crippen molar-refractivity contribution in [2.24, 2.45) is 0 Å². The first-order valence-corrected chi connectivity index (χ1v) is 6.11. The van der Waals surface area contributed by atoms with Gasteiger partial charge in [-0.05, 0) is 25.5 Å². The summed E-state index contributed by atoms with van der Waals surface area (Å²) in [4.78, 5) is 11.5. The monoisotopic (exact) mass is 251 g/mol. The lowest BCUT2D eigenvalue weighted by Crippen LogP contribution is -2.21. The predicted octanol–water partition coefficient (Wildman–Crippen LogP) is 2.38. The van der Waals surface area contributed by atoms with Crippen LogP contribution in [-0.4, -0.2) is 32.3 Å². The predicted molar refractivity (Wildman–Crippen MR) is 71.7 cm³/mol. The van der Waals surface area contributed by atoms with Gasteiger partial charge in [0.2, 0.25) is 0 Å². The Balaban J connectivity index is 2.25. The molecule has 1 atom stereocenters. The smallest absolute Gasteiger partial charge is 0.307 e. The number of methoxy groups -OCH3 is 1. The van der Waals surface area contributed by atoms with Gasteiger partial charge < -0.3 is 14.8 Å². The number of carbonyl (C=O) groups excluding carboxylic acids is 1. The molecule has 0 amide bonds. The second kappa shape index (κ2) is 7.71. The maximum atomic E-state index is 11.5. The van der Waals surface area contributed by atoms with Crippen molar-refractivity contribution in [3.63, 3.8) is 0 Å². The van der Waals surface area contributed by atoms with Gasteiger partial charge in [-0.1, -0.05) is 18.2 Å². The molecule has 4 heteroatoms. The maximum Gasteiger partial charge on any atom is 0.307 e. The Bertz CT molecular complexity index is 379. The number of nitrogens with one attached hydrogen (secondary N) is 1. The fraction of sp³-hybridized carbons (Fsp3) is 0.500. The molecule has 0 radical (unpaired) electrons. The minimum atomic E-state index is -0.208. The van der Waals surface area contributed by atoms with Gasteiger partial charge in [0, 0.05) is 19.3 Å². The van der Waals surface area contributed by atoms with Gasteiger partial charge in [0.25, 0.3) is 0 Å². The van der Waals surface area contributed by atoms with Crippen LogP contribution < -0.4 is 5.32 Å². The molecule has 18 heavy (non-hydrogen) atoms. The van der Waals surface area contributed by atoms with Crippen LogP contribution >= 0.6 is 0 Å². The average Bonchev–Trinajstić information content (AvgIpc) is 2.31. The molecule has 0 aliphatic rings. The van der Waals surface area contributed by atoms with Gasteiger partial charge in [0.05, 0.1) is 13.0 Å². The molecule has 1 aromatic rings. The molecule has 0 saturated carbocycles. The fourth-order valence-corrected chi connectivity index (χ4v) is 1.62. The Labute approximate surface area is 108 Å². The van der Waals surface area contributed by atoms with E-state index in [-0.39, 0.29) is 12.1 Å². The van der Waals surface area contributed by atoms with E-state index in [0.717, 1.165) is 5.69 Å². The molecule has 4 nitrogen and oxygen atoms in total. The summed E-state index contributed by atoms with van der Waals surface area (Å²) in [7, 11) is 1.59. The molecule has 1 aromatic carbocycles. The molecule has 100 valence electrons. The number of rotatable bonds is 7. The van der Waals surface area contributed by atoms with Crippen molar-refractivity contribution in [2.45, 2.75) is 26.4 Å². The maximum absolute atomic E-state index is 11.5. The van der Waals surface area contributed by atoms with Crippen LogP contribution in [0.25, 0.3) is 0 Å². The summed E-state index contributed by atoms with van der Waals surface area (Å²) in [5.74, 6) is -0.208. The van der Waals surface area contributed by atoms with Crippen molar-refractivity contribution in [2.75, 3.05) is 25.6 Å². The zero-order valence-corrected chi connectivity index (χ0v) is 11.2. The molecule has 0 fully saturated rings. The largest absolute Gasteiger partial charge is 0.460 e. The molecule has 0 aromatic heterocycles. The number of hydrogen-bond acceptors (Lipinski definition) is 4. The van der Waals surface area contributed by atoms with Crippen LogP contribution in [0.2, 0.25) is 0 Å². The summed E-state index contributed by atoms with van der Waals surface area (Å²) in [6.45, 7) is 4.85. The molecule has 0 heterocycles. The minimum Gasteiger partial charge on any atom is -0.460 e.